The second-order valence-electron chi connectivity index (χ2n) is 2.97. The van der Waals surface area contributed by atoms with E-state index in [1.807, 2.05) is 0 Å². The average molecular weight is 259 g/mol. The minimum absolute atomic E-state index is 0.0812. The maximum absolute atomic E-state index is 11.3. The summed E-state index contributed by atoms with van der Waals surface area (Å²) in [5, 5.41) is 10.5. The number of hydrogen-bond acceptors (Lipinski definition) is 5. The molecule has 1 amide bonds. The SMILES string of the molecule is NC(=O)COC(=O)c1ccc(Cl)c([N+](=O)[O-])c1. The van der Waals surface area contributed by atoms with Crippen molar-refractivity contribution in [3.63, 3.8) is 0 Å². The van der Waals surface area contributed by atoms with Crippen LogP contribution in [0.3, 0.4) is 0 Å². The minimum Gasteiger partial charge on any atom is -0.452 e. The average Bonchev–Trinajstić information content (AvgIpc) is 2.26. The molecule has 0 spiro atoms. The van der Waals surface area contributed by atoms with Gasteiger partial charge in [0, 0.05) is 6.07 Å². The lowest BCUT2D eigenvalue weighted by Crippen LogP contribution is -2.20. The Balaban J connectivity index is 2.92. The van der Waals surface area contributed by atoms with E-state index in [4.69, 9.17) is 17.3 Å². The lowest BCUT2D eigenvalue weighted by atomic mass is 10.2. The van der Waals surface area contributed by atoms with E-state index >= 15 is 0 Å². The van der Waals surface area contributed by atoms with E-state index in [1.54, 1.807) is 0 Å². The maximum atomic E-state index is 11.3. The third-order valence-corrected chi connectivity index (χ3v) is 2.04. The molecule has 0 aliphatic heterocycles. The number of esters is 1. The first-order chi connectivity index (χ1) is 7.91. The van der Waals surface area contributed by atoms with Crippen molar-refractivity contribution in [1.29, 1.82) is 0 Å². The van der Waals surface area contributed by atoms with Crippen molar-refractivity contribution in [3.8, 4) is 0 Å². The molecule has 0 unspecified atom stereocenters. The second kappa shape index (κ2) is 5.26. The van der Waals surface area contributed by atoms with Gasteiger partial charge in [-0.05, 0) is 12.1 Å². The highest BCUT2D eigenvalue weighted by Gasteiger charge is 2.17. The lowest BCUT2D eigenvalue weighted by molar-refractivity contribution is -0.384. The first-order valence-corrected chi connectivity index (χ1v) is 4.69. The molecule has 7 nitrogen and oxygen atoms in total. The van der Waals surface area contributed by atoms with Crippen LogP contribution in [0.2, 0.25) is 5.02 Å². The molecule has 1 aromatic carbocycles. The van der Waals surface area contributed by atoms with Crippen LogP contribution in [0.4, 0.5) is 5.69 Å². The van der Waals surface area contributed by atoms with Crippen LogP contribution in [-0.4, -0.2) is 23.4 Å². The fraction of sp³-hybridized carbons (Fsp3) is 0.111. The summed E-state index contributed by atoms with van der Waals surface area (Å²) < 4.78 is 4.48. The van der Waals surface area contributed by atoms with Crippen molar-refractivity contribution in [2.75, 3.05) is 6.61 Å². The Labute approximate surface area is 100 Å². The molecule has 8 heteroatoms. The van der Waals surface area contributed by atoms with Crippen LogP contribution >= 0.6 is 11.6 Å². The van der Waals surface area contributed by atoms with Gasteiger partial charge in [-0.3, -0.25) is 14.9 Å². The number of halogens is 1. The summed E-state index contributed by atoms with van der Waals surface area (Å²) in [7, 11) is 0. The molecular weight excluding hydrogens is 252 g/mol. The van der Waals surface area contributed by atoms with Crippen molar-refractivity contribution in [2.45, 2.75) is 0 Å². The van der Waals surface area contributed by atoms with Crippen LogP contribution in [0.15, 0.2) is 18.2 Å². The largest absolute Gasteiger partial charge is 0.452 e. The Morgan fingerprint density at radius 1 is 1.47 bits per heavy atom. The number of nitro benzene ring substituents is 1. The van der Waals surface area contributed by atoms with Gasteiger partial charge in [-0.15, -0.1) is 0 Å². The Bertz CT molecular complexity index is 488. The van der Waals surface area contributed by atoms with Gasteiger partial charge in [0.15, 0.2) is 6.61 Å². The fourth-order valence-corrected chi connectivity index (χ4v) is 1.19. The van der Waals surface area contributed by atoms with Crippen LogP contribution in [-0.2, 0) is 9.53 Å². The molecule has 0 aliphatic rings. The first-order valence-electron chi connectivity index (χ1n) is 4.31. The number of nitro groups is 1. The summed E-state index contributed by atoms with van der Waals surface area (Å²) >= 11 is 5.56. The highest BCUT2D eigenvalue weighted by Crippen LogP contribution is 2.25. The van der Waals surface area contributed by atoms with Gasteiger partial charge in [0.2, 0.25) is 0 Å². The number of rotatable bonds is 4. The number of hydrogen-bond donors (Lipinski definition) is 1. The number of amides is 1. The number of carbonyl (C=O) groups is 2. The summed E-state index contributed by atoms with van der Waals surface area (Å²) in [6.45, 7) is -0.588. The summed E-state index contributed by atoms with van der Waals surface area (Å²) in [6.07, 6.45) is 0. The van der Waals surface area contributed by atoms with Crippen LogP contribution in [0, 0.1) is 10.1 Å². The molecule has 2 N–H and O–H groups in total. The Morgan fingerprint density at radius 2 is 2.12 bits per heavy atom. The molecule has 0 bridgehead atoms. The number of ether oxygens (including phenoxy) is 1. The molecule has 0 aliphatic carbocycles. The minimum atomic E-state index is -0.886. The van der Waals surface area contributed by atoms with E-state index < -0.39 is 29.1 Å². The zero-order valence-electron chi connectivity index (χ0n) is 8.38. The zero-order valence-corrected chi connectivity index (χ0v) is 9.14. The summed E-state index contributed by atoms with van der Waals surface area (Å²) in [6, 6.07) is 3.41. The molecule has 0 aromatic heterocycles. The maximum Gasteiger partial charge on any atom is 0.338 e. The normalized spacial score (nSPS) is 9.71. The number of benzene rings is 1. The monoisotopic (exact) mass is 258 g/mol. The summed E-state index contributed by atoms with van der Waals surface area (Å²) in [4.78, 5) is 31.5. The molecule has 0 atom stereocenters. The van der Waals surface area contributed by atoms with Gasteiger partial charge in [0.25, 0.3) is 11.6 Å². The Morgan fingerprint density at radius 3 is 2.65 bits per heavy atom. The number of carbonyl (C=O) groups excluding carboxylic acids is 2. The molecule has 17 heavy (non-hydrogen) atoms. The van der Waals surface area contributed by atoms with E-state index in [2.05, 4.69) is 4.74 Å². The quantitative estimate of drug-likeness (QED) is 0.489. The van der Waals surface area contributed by atoms with Gasteiger partial charge < -0.3 is 10.5 Å². The summed E-state index contributed by atoms with van der Waals surface area (Å²) in [5.41, 5.74) is 4.28. The first kappa shape index (κ1) is 12.9. The van der Waals surface area contributed by atoms with Crippen molar-refractivity contribution in [2.24, 2.45) is 5.73 Å². The number of primary amides is 1. The van der Waals surface area contributed by atoms with E-state index in [0.717, 1.165) is 6.07 Å². The van der Waals surface area contributed by atoms with Crippen molar-refractivity contribution in [3.05, 3.63) is 38.9 Å². The second-order valence-corrected chi connectivity index (χ2v) is 3.37. The Hall–Kier alpha value is -2.15. The van der Waals surface area contributed by atoms with E-state index in [9.17, 15) is 19.7 Å². The van der Waals surface area contributed by atoms with Crippen LogP contribution in [0.1, 0.15) is 10.4 Å². The smallest absolute Gasteiger partial charge is 0.338 e. The molecule has 0 heterocycles. The van der Waals surface area contributed by atoms with Crippen molar-refractivity contribution < 1.29 is 19.2 Å². The molecule has 0 saturated carbocycles. The van der Waals surface area contributed by atoms with E-state index in [1.165, 1.54) is 12.1 Å². The summed E-state index contributed by atoms with van der Waals surface area (Å²) in [5.74, 6) is -1.70. The predicted octanol–water partition coefficient (Wildman–Crippen LogP) is 0.890. The van der Waals surface area contributed by atoms with E-state index in [0.29, 0.717) is 0 Å². The standard InChI is InChI=1S/C9H7ClN2O5/c10-6-2-1-5(3-7(6)12(15)16)9(14)17-4-8(11)13/h1-3H,4H2,(H2,11,13). The zero-order chi connectivity index (χ0) is 13.0. The molecular formula is C9H7ClN2O5. The van der Waals surface area contributed by atoms with Gasteiger partial charge in [-0.25, -0.2) is 4.79 Å². The fourth-order valence-electron chi connectivity index (χ4n) is 1.000. The molecule has 1 rings (SSSR count). The molecule has 0 fully saturated rings. The highest BCUT2D eigenvalue weighted by molar-refractivity contribution is 6.32. The predicted molar refractivity (Wildman–Crippen MR) is 57.6 cm³/mol. The van der Waals surface area contributed by atoms with Crippen LogP contribution < -0.4 is 5.73 Å². The number of nitrogens with zero attached hydrogens (tertiary/aromatic N) is 1. The topological polar surface area (TPSA) is 113 Å². The van der Waals surface area contributed by atoms with Gasteiger partial charge in [0.05, 0.1) is 10.5 Å². The van der Waals surface area contributed by atoms with Gasteiger partial charge in [0.1, 0.15) is 5.02 Å². The lowest BCUT2D eigenvalue weighted by Gasteiger charge is -2.02. The molecule has 90 valence electrons. The Kier molecular flexibility index (Phi) is 4.00. The van der Waals surface area contributed by atoms with Crippen molar-refractivity contribution >= 4 is 29.2 Å². The molecule has 0 saturated heterocycles. The third kappa shape index (κ3) is 3.42. The number of nitrogens with two attached hydrogens (primary N) is 1. The van der Waals surface area contributed by atoms with E-state index in [-0.39, 0.29) is 10.6 Å². The van der Waals surface area contributed by atoms with Crippen LogP contribution in [0.5, 0.6) is 0 Å². The van der Waals surface area contributed by atoms with Crippen LogP contribution in [0.25, 0.3) is 0 Å². The van der Waals surface area contributed by atoms with Gasteiger partial charge in [-0.2, -0.15) is 0 Å². The van der Waals surface area contributed by atoms with Gasteiger partial charge in [-0.1, -0.05) is 11.6 Å². The third-order valence-electron chi connectivity index (χ3n) is 1.72. The van der Waals surface area contributed by atoms with Gasteiger partial charge >= 0.3 is 5.97 Å². The highest BCUT2D eigenvalue weighted by atomic mass is 35.5. The molecule has 0 radical (unpaired) electrons. The van der Waals surface area contributed by atoms with Crippen molar-refractivity contribution in [1.82, 2.24) is 0 Å². The molecule has 1 aromatic rings.